The van der Waals surface area contributed by atoms with Gasteiger partial charge in [-0.05, 0) is 26.2 Å². The molecule has 0 bridgehead atoms. The van der Waals surface area contributed by atoms with Crippen molar-refractivity contribution in [3.8, 4) is 0 Å². The minimum absolute atomic E-state index is 0.202. The van der Waals surface area contributed by atoms with Gasteiger partial charge in [0, 0.05) is 6.08 Å². The molecule has 2 nitrogen and oxygen atoms in total. The van der Waals surface area contributed by atoms with Crippen LogP contribution in [-0.2, 0) is 9.53 Å². The molecule has 1 aliphatic rings. The van der Waals surface area contributed by atoms with Gasteiger partial charge < -0.3 is 4.74 Å². The molecule has 1 fully saturated rings. The minimum Gasteiger partial charge on any atom is -0.459 e. The summed E-state index contributed by atoms with van der Waals surface area (Å²) in [6.45, 7) is 1.81. The van der Waals surface area contributed by atoms with Crippen molar-refractivity contribution in [2.45, 2.75) is 32.3 Å². The van der Waals surface area contributed by atoms with E-state index in [0.717, 1.165) is 12.8 Å². The number of carbonyl (C=O) groups is 1. The highest BCUT2D eigenvalue weighted by atomic mass is 16.5. The molecule has 0 heterocycles. The molecular weight excluding hydrogens is 128 g/mol. The van der Waals surface area contributed by atoms with Crippen LogP contribution in [0.5, 0.6) is 0 Å². The molecule has 1 saturated carbocycles. The summed E-state index contributed by atoms with van der Waals surface area (Å²) in [4.78, 5) is 10.7. The number of ether oxygens (including phenoxy) is 1. The van der Waals surface area contributed by atoms with Gasteiger partial charge in [0.25, 0.3) is 0 Å². The summed E-state index contributed by atoms with van der Waals surface area (Å²) in [5.41, 5.74) is 0. The highest BCUT2D eigenvalue weighted by Crippen LogP contribution is 2.21. The van der Waals surface area contributed by atoms with E-state index >= 15 is 0 Å². The normalized spacial score (nSPS) is 18.9. The van der Waals surface area contributed by atoms with E-state index < -0.39 is 0 Å². The van der Waals surface area contributed by atoms with Crippen LogP contribution < -0.4 is 0 Å². The lowest BCUT2D eigenvalue weighted by atomic mass is 9.96. The number of rotatable bonds is 2. The maximum Gasteiger partial charge on any atom is 0.330 e. The molecule has 0 N–H and O–H groups in total. The summed E-state index contributed by atoms with van der Waals surface area (Å²) < 4.78 is 5.00. The van der Waals surface area contributed by atoms with Crippen molar-refractivity contribution < 1.29 is 9.53 Å². The van der Waals surface area contributed by atoms with Crippen molar-refractivity contribution in [3.63, 3.8) is 0 Å². The second kappa shape index (κ2) is 3.40. The molecule has 0 aromatic carbocycles. The first-order chi connectivity index (χ1) is 4.83. The van der Waals surface area contributed by atoms with E-state index in [1.54, 1.807) is 6.08 Å². The zero-order valence-corrected chi connectivity index (χ0v) is 6.17. The molecule has 1 aliphatic carbocycles. The zero-order valence-electron chi connectivity index (χ0n) is 6.17. The van der Waals surface area contributed by atoms with Crippen molar-refractivity contribution in [3.05, 3.63) is 12.2 Å². The molecule has 10 heavy (non-hydrogen) atoms. The van der Waals surface area contributed by atoms with E-state index in [9.17, 15) is 4.79 Å². The summed E-state index contributed by atoms with van der Waals surface area (Å²) in [6.07, 6.45) is 6.66. The highest BCUT2D eigenvalue weighted by molar-refractivity contribution is 5.81. The monoisotopic (exact) mass is 140 g/mol. The van der Waals surface area contributed by atoms with Crippen molar-refractivity contribution in [1.82, 2.24) is 0 Å². The lowest BCUT2D eigenvalue weighted by Gasteiger charge is -2.24. The van der Waals surface area contributed by atoms with E-state index in [0.29, 0.717) is 0 Å². The van der Waals surface area contributed by atoms with Gasteiger partial charge in [0.1, 0.15) is 6.10 Å². The van der Waals surface area contributed by atoms with Crippen LogP contribution in [0.2, 0.25) is 0 Å². The Balaban J connectivity index is 2.17. The number of esters is 1. The second-order valence-electron chi connectivity index (χ2n) is 2.49. The third kappa shape index (κ3) is 1.87. The Morgan fingerprint density at radius 3 is 2.70 bits per heavy atom. The van der Waals surface area contributed by atoms with E-state index in [1.807, 2.05) is 6.92 Å². The summed E-state index contributed by atoms with van der Waals surface area (Å²) >= 11 is 0. The predicted octanol–water partition coefficient (Wildman–Crippen LogP) is 1.66. The molecule has 56 valence electrons. The van der Waals surface area contributed by atoms with Gasteiger partial charge in [0.05, 0.1) is 0 Å². The largest absolute Gasteiger partial charge is 0.459 e. The molecule has 0 atom stereocenters. The van der Waals surface area contributed by atoms with E-state index in [2.05, 4.69) is 0 Å². The van der Waals surface area contributed by atoms with Crippen LogP contribution in [0, 0.1) is 0 Å². The lowest BCUT2D eigenvalue weighted by Crippen LogP contribution is -2.23. The minimum atomic E-state index is -0.202. The second-order valence-corrected chi connectivity index (χ2v) is 2.49. The fourth-order valence-corrected chi connectivity index (χ4v) is 0.828. The first-order valence-electron chi connectivity index (χ1n) is 3.66. The molecule has 1 rings (SSSR count). The number of hydrogen-bond donors (Lipinski definition) is 0. The average molecular weight is 140 g/mol. The first-order valence-corrected chi connectivity index (χ1v) is 3.66. The molecule has 0 aliphatic heterocycles. The smallest absolute Gasteiger partial charge is 0.330 e. The lowest BCUT2D eigenvalue weighted by molar-refractivity contribution is -0.146. The van der Waals surface area contributed by atoms with Crippen LogP contribution in [0.1, 0.15) is 26.2 Å². The topological polar surface area (TPSA) is 26.3 Å². The molecule has 2 heteroatoms. The summed E-state index contributed by atoms with van der Waals surface area (Å²) in [6, 6.07) is 0. The fourth-order valence-electron chi connectivity index (χ4n) is 0.828. The van der Waals surface area contributed by atoms with Crippen LogP contribution in [-0.4, -0.2) is 12.1 Å². The summed E-state index contributed by atoms with van der Waals surface area (Å²) in [5, 5.41) is 0. The Morgan fingerprint density at radius 1 is 1.60 bits per heavy atom. The molecule has 0 radical (unpaired) electrons. The Labute approximate surface area is 60.9 Å². The molecular formula is C8H12O2. The third-order valence-corrected chi connectivity index (χ3v) is 1.64. The molecule has 0 aromatic rings. The van der Waals surface area contributed by atoms with Gasteiger partial charge in [0.2, 0.25) is 0 Å². The Bertz CT molecular complexity index is 145. The van der Waals surface area contributed by atoms with Crippen LogP contribution in [0.25, 0.3) is 0 Å². The van der Waals surface area contributed by atoms with Crippen LogP contribution in [0.3, 0.4) is 0 Å². The van der Waals surface area contributed by atoms with Crippen LogP contribution in [0.15, 0.2) is 12.2 Å². The van der Waals surface area contributed by atoms with E-state index in [-0.39, 0.29) is 12.1 Å². The van der Waals surface area contributed by atoms with Gasteiger partial charge in [-0.1, -0.05) is 6.08 Å². The standard InChI is InChI=1S/C8H12O2/c1-2-4-8(9)10-7-5-3-6-7/h2,4,7H,3,5-6H2,1H3/b4-2+. The number of allylic oxidation sites excluding steroid dienone is 1. The van der Waals surface area contributed by atoms with E-state index in [1.165, 1.54) is 12.5 Å². The van der Waals surface area contributed by atoms with Gasteiger partial charge in [-0.15, -0.1) is 0 Å². The quantitative estimate of drug-likeness (QED) is 0.430. The molecule has 0 saturated heterocycles. The van der Waals surface area contributed by atoms with Crippen molar-refractivity contribution in [2.75, 3.05) is 0 Å². The van der Waals surface area contributed by atoms with Gasteiger partial charge in [-0.3, -0.25) is 0 Å². The van der Waals surface area contributed by atoms with Gasteiger partial charge in [-0.2, -0.15) is 0 Å². The van der Waals surface area contributed by atoms with Crippen LogP contribution >= 0.6 is 0 Å². The van der Waals surface area contributed by atoms with E-state index in [4.69, 9.17) is 4.74 Å². The number of hydrogen-bond acceptors (Lipinski definition) is 2. The predicted molar refractivity (Wildman–Crippen MR) is 38.5 cm³/mol. The van der Waals surface area contributed by atoms with Crippen LogP contribution in [0.4, 0.5) is 0 Å². The molecule has 0 amide bonds. The Morgan fingerprint density at radius 2 is 2.30 bits per heavy atom. The molecule has 0 unspecified atom stereocenters. The SMILES string of the molecule is C/C=C/C(=O)OC1CCC1. The van der Waals surface area contributed by atoms with Crippen molar-refractivity contribution >= 4 is 5.97 Å². The summed E-state index contributed by atoms with van der Waals surface area (Å²) in [7, 11) is 0. The average Bonchev–Trinajstić information content (AvgIpc) is 1.80. The Kier molecular flexibility index (Phi) is 2.49. The number of carbonyl (C=O) groups excluding carboxylic acids is 1. The van der Waals surface area contributed by atoms with Crippen molar-refractivity contribution in [1.29, 1.82) is 0 Å². The van der Waals surface area contributed by atoms with Gasteiger partial charge >= 0.3 is 5.97 Å². The van der Waals surface area contributed by atoms with Crippen molar-refractivity contribution in [2.24, 2.45) is 0 Å². The summed E-state index contributed by atoms with van der Waals surface area (Å²) in [5.74, 6) is -0.202. The van der Waals surface area contributed by atoms with Gasteiger partial charge in [-0.25, -0.2) is 4.79 Å². The highest BCUT2D eigenvalue weighted by Gasteiger charge is 2.20. The Hall–Kier alpha value is -0.790. The maximum absolute atomic E-state index is 10.7. The molecule has 0 aromatic heterocycles. The van der Waals surface area contributed by atoms with Gasteiger partial charge in [0.15, 0.2) is 0 Å². The maximum atomic E-state index is 10.7. The molecule has 0 spiro atoms. The third-order valence-electron chi connectivity index (χ3n) is 1.64. The first kappa shape index (κ1) is 7.32. The zero-order chi connectivity index (χ0) is 7.40. The fraction of sp³-hybridized carbons (Fsp3) is 0.625.